The maximum Gasteiger partial charge on any atom is 0.494 e. The minimum atomic E-state index is -0.607. The Morgan fingerprint density at radius 1 is 1.05 bits per heavy atom. The van der Waals surface area contributed by atoms with Crippen LogP contribution in [-0.2, 0) is 22.5 Å². The lowest BCUT2D eigenvalue weighted by Gasteiger charge is -2.11. The van der Waals surface area contributed by atoms with Gasteiger partial charge in [-0.05, 0) is 27.2 Å². The van der Waals surface area contributed by atoms with E-state index in [0.717, 1.165) is 16.6 Å². The molecular formula is C15H12BN3O3. The summed E-state index contributed by atoms with van der Waals surface area (Å²) in [5, 5.41) is 3.06. The van der Waals surface area contributed by atoms with Gasteiger partial charge in [0.2, 0.25) is 5.91 Å². The standard InChI is InChI=1S/C15H12BN3O3/c17-19-18-15(20)11-5-7-14(8-6-11)16-21-9-12-3-1-2-4-13(12)10-22-16/h1-8H,9-10H2. The quantitative estimate of drug-likeness (QED) is 0.369. The highest BCUT2D eigenvalue weighted by Crippen LogP contribution is 2.16. The van der Waals surface area contributed by atoms with Crippen LogP contribution in [0.15, 0.2) is 53.6 Å². The van der Waals surface area contributed by atoms with Gasteiger partial charge in [-0.25, -0.2) is 0 Å². The number of azide groups is 1. The summed E-state index contributed by atoms with van der Waals surface area (Å²) >= 11 is 0. The third-order valence-electron chi connectivity index (χ3n) is 3.46. The van der Waals surface area contributed by atoms with Gasteiger partial charge in [0, 0.05) is 10.5 Å². The number of amides is 1. The molecule has 6 nitrogen and oxygen atoms in total. The van der Waals surface area contributed by atoms with Crippen molar-refractivity contribution in [3.63, 3.8) is 0 Å². The van der Waals surface area contributed by atoms with E-state index in [4.69, 9.17) is 14.8 Å². The lowest BCUT2D eigenvalue weighted by molar-refractivity contribution is 0.100. The fraction of sp³-hybridized carbons (Fsp3) is 0.133. The molecule has 108 valence electrons. The molecule has 0 radical (unpaired) electrons. The maximum atomic E-state index is 11.5. The van der Waals surface area contributed by atoms with Crippen LogP contribution in [-0.4, -0.2) is 13.0 Å². The Balaban J connectivity index is 1.75. The molecule has 1 heterocycles. The Morgan fingerprint density at radius 3 is 2.18 bits per heavy atom. The van der Waals surface area contributed by atoms with Crippen molar-refractivity contribution < 1.29 is 14.1 Å². The van der Waals surface area contributed by atoms with Crippen molar-refractivity contribution in [2.45, 2.75) is 13.2 Å². The van der Waals surface area contributed by atoms with E-state index in [-0.39, 0.29) is 0 Å². The molecule has 0 bridgehead atoms. The van der Waals surface area contributed by atoms with Crippen LogP contribution < -0.4 is 5.46 Å². The topological polar surface area (TPSA) is 84.3 Å². The van der Waals surface area contributed by atoms with Crippen molar-refractivity contribution in [2.24, 2.45) is 5.11 Å². The first-order valence-corrected chi connectivity index (χ1v) is 6.77. The van der Waals surface area contributed by atoms with E-state index in [1.54, 1.807) is 24.3 Å². The lowest BCUT2D eigenvalue weighted by atomic mass is 9.78. The van der Waals surface area contributed by atoms with E-state index in [0.29, 0.717) is 18.8 Å². The normalized spacial score (nSPS) is 13.7. The van der Waals surface area contributed by atoms with Crippen molar-refractivity contribution in [1.82, 2.24) is 0 Å². The summed E-state index contributed by atoms with van der Waals surface area (Å²) in [5.41, 5.74) is 11.6. The van der Waals surface area contributed by atoms with Crippen LogP contribution in [0.3, 0.4) is 0 Å². The number of nitrogens with zero attached hydrogens (tertiary/aromatic N) is 3. The zero-order chi connectivity index (χ0) is 15.4. The predicted octanol–water partition coefficient (Wildman–Crippen LogP) is 2.58. The first-order valence-electron chi connectivity index (χ1n) is 6.77. The van der Waals surface area contributed by atoms with Gasteiger partial charge in [-0.2, -0.15) is 0 Å². The van der Waals surface area contributed by atoms with Crippen LogP contribution in [0.2, 0.25) is 0 Å². The summed E-state index contributed by atoms with van der Waals surface area (Å²) in [6, 6.07) is 14.6. The highest BCUT2D eigenvalue weighted by atomic mass is 16.6. The summed E-state index contributed by atoms with van der Waals surface area (Å²) in [6.07, 6.45) is 0. The van der Waals surface area contributed by atoms with E-state index >= 15 is 0 Å². The van der Waals surface area contributed by atoms with E-state index in [9.17, 15) is 4.79 Å². The molecule has 1 aliphatic rings. The number of carbonyl (C=O) groups excluding carboxylic acids is 1. The number of carbonyl (C=O) groups is 1. The number of fused-ring (bicyclic) bond motifs is 1. The molecule has 0 fully saturated rings. The summed E-state index contributed by atoms with van der Waals surface area (Å²) < 4.78 is 11.5. The largest absolute Gasteiger partial charge is 0.494 e. The van der Waals surface area contributed by atoms with Gasteiger partial charge < -0.3 is 9.31 Å². The summed E-state index contributed by atoms with van der Waals surface area (Å²) in [4.78, 5) is 13.9. The monoisotopic (exact) mass is 293 g/mol. The Morgan fingerprint density at radius 2 is 1.64 bits per heavy atom. The number of hydrogen-bond donors (Lipinski definition) is 0. The second-order valence-electron chi connectivity index (χ2n) is 4.84. The van der Waals surface area contributed by atoms with Crippen LogP contribution in [0.5, 0.6) is 0 Å². The molecule has 0 saturated carbocycles. The van der Waals surface area contributed by atoms with Crippen molar-refractivity contribution in [2.75, 3.05) is 0 Å². The third kappa shape index (κ3) is 3.02. The molecule has 0 spiro atoms. The van der Waals surface area contributed by atoms with Crippen molar-refractivity contribution in [3.8, 4) is 0 Å². The second-order valence-corrected chi connectivity index (χ2v) is 4.84. The fourth-order valence-corrected chi connectivity index (χ4v) is 2.29. The molecule has 3 rings (SSSR count). The van der Waals surface area contributed by atoms with E-state index in [1.807, 2.05) is 24.3 Å². The maximum absolute atomic E-state index is 11.5. The van der Waals surface area contributed by atoms with Gasteiger partial charge in [-0.15, -0.1) is 0 Å². The molecule has 0 aliphatic carbocycles. The predicted molar refractivity (Wildman–Crippen MR) is 81.3 cm³/mol. The Bertz CT molecular complexity index is 715. The first kappa shape index (κ1) is 14.3. The molecule has 1 amide bonds. The molecule has 0 N–H and O–H groups in total. The lowest BCUT2D eigenvalue weighted by Crippen LogP contribution is -2.35. The summed E-state index contributed by atoms with van der Waals surface area (Å²) in [6.45, 7) is 0.945. The molecular weight excluding hydrogens is 281 g/mol. The summed E-state index contributed by atoms with van der Waals surface area (Å²) in [5.74, 6) is -0.607. The molecule has 0 unspecified atom stereocenters. The van der Waals surface area contributed by atoms with Crippen LogP contribution in [0, 0.1) is 0 Å². The van der Waals surface area contributed by atoms with Gasteiger partial charge in [0.1, 0.15) is 0 Å². The minimum absolute atomic E-state index is 0.332. The second kappa shape index (κ2) is 6.45. The number of benzene rings is 2. The van der Waals surface area contributed by atoms with E-state index < -0.39 is 13.0 Å². The Hall–Kier alpha value is -2.60. The van der Waals surface area contributed by atoms with Crippen LogP contribution in [0.25, 0.3) is 10.4 Å². The SMILES string of the molecule is [N-]=[N+]=NC(=O)c1ccc(B2OCc3ccccc3CO2)cc1. The van der Waals surface area contributed by atoms with Gasteiger partial charge >= 0.3 is 7.12 Å². The highest BCUT2D eigenvalue weighted by molar-refractivity contribution is 6.61. The average molecular weight is 293 g/mol. The van der Waals surface area contributed by atoms with Crippen LogP contribution in [0.4, 0.5) is 0 Å². The smallest absolute Gasteiger partial charge is 0.403 e. The third-order valence-corrected chi connectivity index (χ3v) is 3.46. The van der Waals surface area contributed by atoms with E-state index in [1.165, 1.54) is 0 Å². The van der Waals surface area contributed by atoms with E-state index in [2.05, 4.69) is 10.0 Å². The van der Waals surface area contributed by atoms with Gasteiger partial charge in [0.15, 0.2) is 0 Å². The van der Waals surface area contributed by atoms with Crippen molar-refractivity contribution >= 4 is 18.5 Å². The number of hydrogen-bond acceptors (Lipinski definition) is 3. The number of rotatable bonds is 2. The summed E-state index contributed by atoms with van der Waals surface area (Å²) in [7, 11) is -0.490. The zero-order valence-corrected chi connectivity index (χ0v) is 11.7. The Labute approximate surface area is 127 Å². The molecule has 1 aliphatic heterocycles. The minimum Gasteiger partial charge on any atom is -0.403 e. The van der Waals surface area contributed by atoms with Gasteiger partial charge in [-0.1, -0.05) is 48.5 Å². The highest BCUT2D eigenvalue weighted by Gasteiger charge is 2.25. The fourth-order valence-electron chi connectivity index (χ4n) is 2.29. The molecule has 0 aromatic heterocycles. The molecule has 0 atom stereocenters. The van der Waals surface area contributed by atoms with Crippen LogP contribution >= 0.6 is 0 Å². The molecule has 0 saturated heterocycles. The van der Waals surface area contributed by atoms with Gasteiger partial charge in [0.05, 0.1) is 13.2 Å². The van der Waals surface area contributed by atoms with Crippen molar-refractivity contribution in [3.05, 3.63) is 75.7 Å². The zero-order valence-electron chi connectivity index (χ0n) is 11.7. The molecule has 22 heavy (non-hydrogen) atoms. The van der Waals surface area contributed by atoms with Crippen molar-refractivity contribution in [1.29, 1.82) is 0 Å². The molecule has 7 heteroatoms. The average Bonchev–Trinajstić information content (AvgIpc) is 2.78. The first-order chi connectivity index (χ1) is 10.8. The molecule has 2 aromatic rings. The van der Waals surface area contributed by atoms with Gasteiger partial charge in [-0.3, -0.25) is 4.79 Å². The van der Waals surface area contributed by atoms with Crippen LogP contribution in [0.1, 0.15) is 21.5 Å². The molecule has 2 aromatic carbocycles. The van der Waals surface area contributed by atoms with Gasteiger partial charge in [0.25, 0.3) is 0 Å². The Kier molecular flexibility index (Phi) is 4.21.